The van der Waals surface area contributed by atoms with Crippen LogP contribution in [0.5, 0.6) is 0 Å². The maximum Gasteiger partial charge on any atom is 0.187 e. The largest absolute Gasteiger partial charge is 0.305 e. The molecule has 0 aliphatic heterocycles. The molecule has 8 nitrogen and oxygen atoms in total. The van der Waals surface area contributed by atoms with Crippen molar-refractivity contribution in [2.24, 2.45) is 16.2 Å². The number of rotatable bonds is 6. The Morgan fingerprint density at radius 1 is 0.759 bits per heavy atom. The molecule has 0 bridgehead atoms. The molecule has 2 N–H and O–H groups in total. The molecule has 0 aromatic carbocycles. The lowest BCUT2D eigenvalue weighted by Crippen LogP contribution is -2.05. The number of pyridine rings is 3. The highest BCUT2D eigenvalue weighted by molar-refractivity contribution is 5.75. The summed E-state index contributed by atoms with van der Waals surface area (Å²) in [6.07, 6.45) is 11.6. The van der Waals surface area contributed by atoms with Crippen LogP contribution in [0.2, 0.25) is 0 Å². The molecule has 0 unspecified atom stereocenters. The zero-order valence-corrected chi connectivity index (χ0v) is 15.6. The second kappa shape index (κ2) is 8.75. The second-order valence-electron chi connectivity index (χ2n) is 6.32. The first-order chi connectivity index (χ1) is 14.3. The summed E-state index contributed by atoms with van der Waals surface area (Å²) in [6.45, 7) is 0. The number of nitrogens with two attached hydrogens (primary N) is 1. The van der Waals surface area contributed by atoms with Crippen molar-refractivity contribution >= 4 is 5.82 Å². The van der Waals surface area contributed by atoms with E-state index in [1.807, 2.05) is 42.6 Å². The molecular weight excluding hydrogens is 364 g/mol. The standard InChI is InChI=1S/C21H18N8/c22-29-28-21-20(17-6-3-9-25-14-17)18(10-15-4-1-7-23-12-15)26-19(27-21)11-16-5-2-8-24-13-16/h1-9,12-14H,10-11H2,(H2,22,26,27,28). The third kappa shape index (κ3) is 4.44. The zero-order chi connectivity index (χ0) is 19.9. The normalized spacial score (nSPS) is 11.0. The fourth-order valence-electron chi connectivity index (χ4n) is 3.07. The van der Waals surface area contributed by atoms with Crippen LogP contribution >= 0.6 is 0 Å². The molecule has 8 heteroatoms. The maximum atomic E-state index is 5.38. The minimum Gasteiger partial charge on any atom is -0.305 e. The first kappa shape index (κ1) is 18.3. The molecule has 0 saturated carbocycles. The fraction of sp³-hybridized carbons (Fsp3) is 0.0952. The quantitative estimate of drug-likeness (QED) is 0.310. The highest BCUT2D eigenvalue weighted by atomic mass is 15.3. The molecule has 0 atom stereocenters. The minimum atomic E-state index is 0.410. The Bertz CT molecular complexity index is 1100. The van der Waals surface area contributed by atoms with Crippen molar-refractivity contribution in [1.82, 2.24) is 24.9 Å². The van der Waals surface area contributed by atoms with E-state index in [1.165, 1.54) is 0 Å². The molecule has 4 aromatic rings. The molecule has 0 saturated heterocycles. The van der Waals surface area contributed by atoms with Gasteiger partial charge in [0.2, 0.25) is 0 Å². The van der Waals surface area contributed by atoms with E-state index in [2.05, 4.69) is 30.3 Å². The smallest absolute Gasteiger partial charge is 0.187 e. The van der Waals surface area contributed by atoms with Gasteiger partial charge in [-0.2, -0.15) is 0 Å². The molecule has 0 fully saturated rings. The van der Waals surface area contributed by atoms with Crippen molar-refractivity contribution in [3.63, 3.8) is 0 Å². The summed E-state index contributed by atoms with van der Waals surface area (Å²) in [5.41, 5.74) is 4.44. The van der Waals surface area contributed by atoms with Crippen molar-refractivity contribution in [2.75, 3.05) is 0 Å². The third-order valence-electron chi connectivity index (χ3n) is 4.29. The first-order valence-corrected chi connectivity index (χ1v) is 9.02. The minimum absolute atomic E-state index is 0.410. The van der Waals surface area contributed by atoms with Gasteiger partial charge in [0.1, 0.15) is 5.82 Å². The molecule has 4 rings (SSSR count). The summed E-state index contributed by atoms with van der Waals surface area (Å²) in [6, 6.07) is 11.6. The Morgan fingerprint density at radius 3 is 2.00 bits per heavy atom. The van der Waals surface area contributed by atoms with E-state index in [-0.39, 0.29) is 0 Å². The zero-order valence-electron chi connectivity index (χ0n) is 15.6. The monoisotopic (exact) mass is 382 g/mol. The van der Waals surface area contributed by atoms with E-state index in [1.54, 1.807) is 31.0 Å². The summed E-state index contributed by atoms with van der Waals surface area (Å²) < 4.78 is 0. The van der Waals surface area contributed by atoms with Crippen LogP contribution in [-0.4, -0.2) is 24.9 Å². The van der Waals surface area contributed by atoms with Crippen molar-refractivity contribution in [3.8, 4) is 11.1 Å². The van der Waals surface area contributed by atoms with Crippen LogP contribution in [0.4, 0.5) is 5.82 Å². The predicted octanol–water partition coefficient (Wildman–Crippen LogP) is 3.47. The lowest BCUT2D eigenvalue weighted by atomic mass is 10.0. The SMILES string of the molecule is NN=Nc1nc(Cc2cccnc2)nc(Cc2cccnc2)c1-c1cccnc1. The van der Waals surface area contributed by atoms with Crippen LogP contribution in [0.3, 0.4) is 0 Å². The highest BCUT2D eigenvalue weighted by Crippen LogP contribution is 2.32. The Morgan fingerprint density at radius 2 is 1.41 bits per heavy atom. The Kier molecular flexibility index (Phi) is 5.52. The third-order valence-corrected chi connectivity index (χ3v) is 4.29. The van der Waals surface area contributed by atoms with Crippen molar-refractivity contribution in [1.29, 1.82) is 0 Å². The molecule has 0 amide bonds. The number of hydrogen-bond acceptors (Lipinski definition) is 7. The lowest BCUT2D eigenvalue weighted by molar-refractivity contribution is 0.899. The topological polar surface area (TPSA) is 115 Å². The van der Waals surface area contributed by atoms with Crippen LogP contribution in [0.25, 0.3) is 11.1 Å². The molecule has 0 aliphatic carbocycles. The molecule has 0 radical (unpaired) electrons. The van der Waals surface area contributed by atoms with Crippen molar-refractivity contribution in [3.05, 3.63) is 96.2 Å². The highest BCUT2D eigenvalue weighted by Gasteiger charge is 2.17. The molecule has 4 aromatic heterocycles. The number of nitrogens with zero attached hydrogens (tertiary/aromatic N) is 7. The van der Waals surface area contributed by atoms with Gasteiger partial charge in [-0.25, -0.2) is 9.97 Å². The van der Waals surface area contributed by atoms with Gasteiger partial charge in [0.25, 0.3) is 0 Å². The average molecular weight is 382 g/mol. The van der Waals surface area contributed by atoms with E-state index >= 15 is 0 Å². The van der Waals surface area contributed by atoms with Gasteiger partial charge in [-0.3, -0.25) is 15.0 Å². The molecule has 0 aliphatic rings. The van der Waals surface area contributed by atoms with Crippen LogP contribution in [-0.2, 0) is 12.8 Å². The van der Waals surface area contributed by atoms with Gasteiger partial charge in [-0.1, -0.05) is 23.4 Å². The van der Waals surface area contributed by atoms with Crippen molar-refractivity contribution in [2.45, 2.75) is 12.8 Å². The summed E-state index contributed by atoms with van der Waals surface area (Å²) in [7, 11) is 0. The molecular formula is C21H18N8. The van der Waals surface area contributed by atoms with E-state index in [0.29, 0.717) is 24.5 Å². The van der Waals surface area contributed by atoms with Gasteiger partial charge in [0.05, 0.1) is 11.3 Å². The van der Waals surface area contributed by atoms with Crippen molar-refractivity contribution < 1.29 is 0 Å². The van der Waals surface area contributed by atoms with Crippen LogP contribution < -0.4 is 5.84 Å². The Labute approximate surface area is 167 Å². The summed E-state index contributed by atoms with van der Waals surface area (Å²) in [5.74, 6) is 6.40. The van der Waals surface area contributed by atoms with Gasteiger partial charge in [0.15, 0.2) is 5.82 Å². The van der Waals surface area contributed by atoms with Gasteiger partial charge >= 0.3 is 0 Å². The van der Waals surface area contributed by atoms with E-state index in [4.69, 9.17) is 10.8 Å². The summed E-state index contributed by atoms with van der Waals surface area (Å²) in [4.78, 5) is 22.0. The number of aromatic nitrogens is 5. The molecule has 4 heterocycles. The van der Waals surface area contributed by atoms with Gasteiger partial charge < -0.3 is 5.84 Å². The fourth-order valence-corrected chi connectivity index (χ4v) is 3.07. The number of hydrogen-bond donors (Lipinski definition) is 1. The molecule has 0 spiro atoms. The van der Waals surface area contributed by atoms with Crippen LogP contribution in [0, 0.1) is 0 Å². The lowest BCUT2D eigenvalue weighted by Gasteiger charge is -2.13. The predicted molar refractivity (Wildman–Crippen MR) is 108 cm³/mol. The summed E-state index contributed by atoms with van der Waals surface area (Å²) in [5, 5.41) is 7.56. The maximum absolute atomic E-state index is 5.38. The second-order valence-corrected chi connectivity index (χ2v) is 6.32. The van der Waals surface area contributed by atoms with Crippen LogP contribution in [0.1, 0.15) is 22.6 Å². The van der Waals surface area contributed by atoms with Gasteiger partial charge in [0, 0.05) is 55.6 Å². The molecule has 142 valence electrons. The first-order valence-electron chi connectivity index (χ1n) is 9.02. The Balaban J connectivity index is 1.85. The van der Waals surface area contributed by atoms with E-state index in [9.17, 15) is 0 Å². The van der Waals surface area contributed by atoms with Gasteiger partial charge in [-0.15, -0.1) is 5.11 Å². The average Bonchev–Trinajstić information content (AvgIpc) is 2.76. The van der Waals surface area contributed by atoms with E-state index < -0.39 is 0 Å². The molecule has 29 heavy (non-hydrogen) atoms. The Hall–Kier alpha value is -4.07. The van der Waals surface area contributed by atoms with E-state index in [0.717, 1.165) is 27.9 Å². The van der Waals surface area contributed by atoms with Gasteiger partial charge in [-0.05, 0) is 29.3 Å². The van der Waals surface area contributed by atoms with Crippen LogP contribution in [0.15, 0.2) is 83.9 Å². The summed E-state index contributed by atoms with van der Waals surface area (Å²) >= 11 is 0.